The van der Waals surface area contributed by atoms with Crippen molar-refractivity contribution in [3.05, 3.63) is 58.6 Å². The zero-order valence-electron chi connectivity index (χ0n) is 13.3. The van der Waals surface area contributed by atoms with E-state index in [2.05, 4.69) is 10.6 Å². The van der Waals surface area contributed by atoms with Crippen LogP contribution in [0.2, 0.25) is 5.02 Å². The third-order valence-corrected chi connectivity index (χ3v) is 4.03. The molecule has 1 aliphatic heterocycles. The van der Waals surface area contributed by atoms with Gasteiger partial charge in [0.2, 0.25) is 0 Å². The number of ether oxygens (including phenoxy) is 2. The first kappa shape index (κ1) is 16.5. The summed E-state index contributed by atoms with van der Waals surface area (Å²) in [5.41, 5.74) is 1.95. The molecule has 0 bridgehead atoms. The normalized spacial score (nSPS) is 13.9. The van der Waals surface area contributed by atoms with Crippen molar-refractivity contribution >= 4 is 17.6 Å². The molecule has 0 aliphatic carbocycles. The van der Waals surface area contributed by atoms with Crippen molar-refractivity contribution in [2.45, 2.75) is 19.5 Å². The molecule has 0 saturated carbocycles. The summed E-state index contributed by atoms with van der Waals surface area (Å²) >= 11 is 5.87. The highest BCUT2D eigenvalue weighted by atomic mass is 35.5. The van der Waals surface area contributed by atoms with Crippen LogP contribution in [-0.4, -0.2) is 19.2 Å². The minimum absolute atomic E-state index is 0.109. The number of halogens is 1. The summed E-state index contributed by atoms with van der Waals surface area (Å²) in [6.07, 6.45) is 0. The van der Waals surface area contributed by atoms with Gasteiger partial charge in [-0.2, -0.15) is 0 Å². The van der Waals surface area contributed by atoms with E-state index in [1.54, 1.807) is 0 Å². The molecule has 1 heterocycles. The fourth-order valence-corrected chi connectivity index (χ4v) is 2.59. The molecule has 0 radical (unpaired) electrons. The summed E-state index contributed by atoms with van der Waals surface area (Å²) in [5.74, 6) is 1.46. The lowest BCUT2D eigenvalue weighted by atomic mass is 10.1. The number of hydrogen-bond donors (Lipinski definition) is 2. The van der Waals surface area contributed by atoms with E-state index in [9.17, 15) is 4.79 Å². The van der Waals surface area contributed by atoms with Gasteiger partial charge in [-0.15, -0.1) is 0 Å². The largest absolute Gasteiger partial charge is 0.486 e. The van der Waals surface area contributed by atoms with Crippen molar-refractivity contribution in [3.63, 3.8) is 0 Å². The fraction of sp³-hybridized carbons (Fsp3) is 0.278. The van der Waals surface area contributed by atoms with Crippen LogP contribution >= 0.6 is 11.6 Å². The minimum atomic E-state index is -0.229. The van der Waals surface area contributed by atoms with Gasteiger partial charge >= 0.3 is 6.03 Å². The van der Waals surface area contributed by atoms with Crippen molar-refractivity contribution in [1.29, 1.82) is 0 Å². The van der Waals surface area contributed by atoms with Crippen molar-refractivity contribution in [3.8, 4) is 11.5 Å². The maximum Gasteiger partial charge on any atom is 0.315 e. The van der Waals surface area contributed by atoms with E-state index >= 15 is 0 Å². The number of benzene rings is 2. The molecule has 3 rings (SSSR count). The number of amides is 2. The topological polar surface area (TPSA) is 59.6 Å². The molecule has 2 N–H and O–H groups in total. The van der Waals surface area contributed by atoms with Crippen molar-refractivity contribution in [1.82, 2.24) is 10.6 Å². The lowest BCUT2D eigenvalue weighted by molar-refractivity contribution is 0.171. The van der Waals surface area contributed by atoms with E-state index in [1.807, 2.05) is 49.4 Å². The molecule has 1 atom stereocenters. The number of carbonyl (C=O) groups is 1. The maximum atomic E-state index is 12.1. The molecule has 0 saturated heterocycles. The third kappa shape index (κ3) is 4.11. The molecule has 1 unspecified atom stereocenters. The first-order valence-corrected chi connectivity index (χ1v) is 8.18. The average Bonchev–Trinajstić information content (AvgIpc) is 2.60. The van der Waals surface area contributed by atoms with Crippen LogP contribution in [0, 0.1) is 0 Å². The summed E-state index contributed by atoms with van der Waals surface area (Å²) in [4.78, 5) is 12.1. The van der Waals surface area contributed by atoms with Crippen LogP contribution in [0.3, 0.4) is 0 Å². The van der Waals surface area contributed by atoms with E-state index in [0.29, 0.717) is 24.8 Å². The maximum absolute atomic E-state index is 12.1. The Morgan fingerprint density at radius 3 is 2.58 bits per heavy atom. The van der Waals surface area contributed by atoms with E-state index in [4.69, 9.17) is 21.1 Å². The number of fused-ring (bicyclic) bond motifs is 1. The Hall–Kier alpha value is -2.40. The van der Waals surface area contributed by atoms with Gasteiger partial charge in [-0.05, 0) is 42.3 Å². The van der Waals surface area contributed by atoms with Crippen LogP contribution in [0.15, 0.2) is 42.5 Å². The van der Waals surface area contributed by atoms with E-state index in [0.717, 1.165) is 22.6 Å². The van der Waals surface area contributed by atoms with Gasteiger partial charge in [-0.25, -0.2) is 4.79 Å². The van der Waals surface area contributed by atoms with Crippen LogP contribution in [-0.2, 0) is 6.54 Å². The monoisotopic (exact) mass is 346 g/mol. The lowest BCUT2D eigenvalue weighted by Crippen LogP contribution is -2.36. The lowest BCUT2D eigenvalue weighted by Gasteiger charge is -2.19. The quantitative estimate of drug-likeness (QED) is 0.888. The molecule has 2 amide bonds. The summed E-state index contributed by atoms with van der Waals surface area (Å²) < 4.78 is 11.0. The SMILES string of the molecule is CC(NC(=O)NCc1ccc2c(c1)OCCO2)c1ccc(Cl)cc1. The number of urea groups is 1. The van der Waals surface area contributed by atoms with Crippen molar-refractivity contribution < 1.29 is 14.3 Å². The Bertz CT molecular complexity index is 719. The number of rotatable bonds is 4. The van der Waals surface area contributed by atoms with Crippen LogP contribution in [0.5, 0.6) is 11.5 Å². The Kier molecular flexibility index (Phi) is 5.11. The molecule has 2 aromatic carbocycles. The minimum Gasteiger partial charge on any atom is -0.486 e. The van der Waals surface area contributed by atoms with Gasteiger partial charge in [-0.3, -0.25) is 0 Å². The Morgan fingerprint density at radius 2 is 1.83 bits per heavy atom. The zero-order valence-corrected chi connectivity index (χ0v) is 14.1. The first-order chi connectivity index (χ1) is 11.6. The van der Waals surface area contributed by atoms with E-state index in [1.165, 1.54) is 0 Å². The average molecular weight is 347 g/mol. The van der Waals surface area contributed by atoms with Crippen LogP contribution in [0.4, 0.5) is 4.79 Å². The summed E-state index contributed by atoms with van der Waals surface area (Å²) in [5, 5.41) is 6.42. The van der Waals surface area contributed by atoms with E-state index in [-0.39, 0.29) is 12.1 Å². The number of carbonyl (C=O) groups excluding carboxylic acids is 1. The molecule has 0 fully saturated rings. The summed E-state index contributed by atoms with van der Waals surface area (Å²) in [6, 6.07) is 12.7. The first-order valence-electron chi connectivity index (χ1n) is 7.80. The molecule has 126 valence electrons. The summed E-state index contributed by atoms with van der Waals surface area (Å²) in [7, 11) is 0. The molecule has 5 nitrogen and oxygen atoms in total. The Morgan fingerprint density at radius 1 is 1.12 bits per heavy atom. The second-order valence-corrected chi connectivity index (χ2v) is 6.01. The standard InChI is InChI=1S/C18H19ClN2O3/c1-12(14-3-5-15(19)6-4-14)21-18(22)20-11-13-2-7-16-17(10-13)24-9-8-23-16/h2-7,10,12H,8-9,11H2,1H3,(H2,20,21,22). The van der Waals surface area contributed by atoms with Crippen LogP contribution in [0.25, 0.3) is 0 Å². The van der Waals surface area contributed by atoms with Crippen molar-refractivity contribution in [2.75, 3.05) is 13.2 Å². The van der Waals surface area contributed by atoms with Crippen LogP contribution < -0.4 is 20.1 Å². The smallest absolute Gasteiger partial charge is 0.315 e. The highest BCUT2D eigenvalue weighted by molar-refractivity contribution is 6.30. The second-order valence-electron chi connectivity index (χ2n) is 5.58. The molecule has 6 heteroatoms. The second kappa shape index (κ2) is 7.45. The highest BCUT2D eigenvalue weighted by Gasteiger charge is 2.13. The molecule has 0 spiro atoms. The van der Waals surface area contributed by atoms with Gasteiger partial charge in [0.15, 0.2) is 11.5 Å². The van der Waals surface area contributed by atoms with Gasteiger partial charge in [0.1, 0.15) is 13.2 Å². The van der Waals surface area contributed by atoms with E-state index < -0.39 is 0 Å². The predicted octanol–water partition coefficient (Wildman–Crippen LogP) is 3.67. The van der Waals surface area contributed by atoms with Gasteiger partial charge in [-0.1, -0.05) is 29.8 Å². The summed E-state index contributed by atoms with van der Waals surface area (Å²) in [6.45, 7) is 3.45. The molecular weight excluding hydrogens is 328 g/mol. The number of hydrogen-bond acceptors (Lipinski definition) is 3. The van der Waals surface area contributed by atoms with Crippen LogP contribution in [0.1, 0.15) is 24.1 Å². The predicted molar refractivity (Wildman–Crippen MR) is 92.7 cm³/mol. The fourth-order valence-electron chi connectivity index (χ4n) is 2.46. The zero-order chi connectivity index (χ0) is 16.9. The highest BCUT2D eigenvalue weighted by Crippen LogP contribution is 2.30. The molecular formula is C18H19ClN2O3. The molecule has 1 aliphatic rings. The van der Waals surface area contributed by atoms with Gasteiger partial charge < -0.3 is 20.1 Å². The van der Waals surface area contributed by atoms with Gasteiger partial charge in [0, 0.05) is 11.6 Å². The third-order valence-electron chi connectivity index (χ3n) is 3.78. The number of nitrogens with one attached hydrogen (secondary N) is 2. The Balaban J connectivity index is 1.52. The van der Waals surface area contributed by atoms with Crippen molar-refractivity contribution in [2.24, 2.45) is 0 Å². The van der Waals surface area contributed by atoms with Gasteiger partial charge in [0.25, 0.3) is 0 Å². The molecule has 2 aromatic rings. The molecule has 24 heavy (non-hydrogen) atoms. The Labute approximate surface area is 145 Å². The van der Waals surface area contributed by atoms with Gasteiger partial charge in [0.05, 0.1) is 6.04 Å². The molecule has 0 aromatic heterocycles.